The second-order valence-corrected chi connectivity index (χ2v) is 10.0. The second kappa shape index (κ2) is 10.3. The summed E-state index contributed by atoms with van der Waals surface area (Å²) < 4.78 is 14.1. The van der Waals surface area contributed by atoms with Gasteiger partial charge in [0.05, 0.1) is 38.6 Å². The first-order chi connectivity index (χ1) is 16.3. The minimum Gasteiger partial charge on any atom is -0.493 e. The molecule has 8 heteroatoms. The van der Waals surface area contributed by atoms with E-state index in [0.29, 0.717) is 27.2 Å². The Bertz CT molecular complexity index is 1450. The molecule has 0 radical (unpaired) electrons. The van der Waals surface area contributed by atoms with E-state index in [1.165, 1.54) is 11.3 Å². The van der Waals surface area contributed by atoms with Gasteiger partial charge in [-0.15, -0.1) is 0 Å². The zero-order chi connectivity index (χ0) is 24.4. The number of halogens is 1. The van der Waals surface area contributed by atoms with Crippen molar-refractivity contribution in [2.24, 2.45) is 4.99 Å². The van der Waals surface area contributed by atoms with Gasteiger partial charge in [-0.25, -0.2) is 9.79 Å². The van der Waals surface area contributed by atoms with Gasteiger partial charge in [0.15, 0.2) is 4.80 Å². The largest absolute Gasteiger partial charge is 0.493 e. The Morgan fingerprint density at radius 2 is 1.88 bits per heavy atom. The van der Waals surface area contributed by atoms with Crippen molar-refractivity contribution in [1.82, 2.24) is 4.57 Å². The van der Waals surface area contributed by atoms with E-state index >= 15 is 0 Å². The number of rotatable bonds is 6. The van der Waals surface area contributed by atoms with Crippen molar-refractivity contribution >= 4 is 46.0 Å². The number of carbonyl (C=O) groups is 1. The average molecular weight is 588 g/mol. The van der Waals surface area contributed by atoms with E-state index in [2.05, 4.69) is 27.6 Å². The van der Waals surface area contributed by atoms with Gasteiger partial charge in [-0.3, -0.25) is 9.36 Å². The summed E-state index contributed by atoms with van der Waals surface area (Å²) in [5.74, 6) is 0.362. The molecular weight excluding hydrogens is 563 g/mol. The Kier molecular flexibility index (Phi) is 7.37. The maximum atomic E-state index is 13.6. The summed E-state index contributed by atoms with van der Waals surface area (Å²) in [6, 6.07) is 13.1. The van der Waals surface area contributed by atoms with Crippen LogP contribution in [0.1, 0.15) is 43.5 Å². The number of fused-ring (bicyclic) bond motifs is 1. The standard InChI is InChI=1S/C26H25IN2O4S/c1-5-32-20-12-9-17(13-19(20)27)14-21-24(30)29-23(18-10-7-15(3)8-11-18)22(25(31)33-6-2)16(4)28-26(29)34-21/h7-14,23H,5-6H2,1-4H3/b21-14+/t23-/m0/s1. The average Bonchev–Trinajstić information content (AvgIpc) is 3.10. The third kappa shape index (κ3) is 4.74. The molecule has 3 aromatic rings. The number of carbonyl (C=O) groups excluding carboxylic acids is 1. The minimum absolute atomic E-state index is 0.187. The molecule has 1 aliphatic heterocycles. The zero-order valence-electron chi connectivity index (χ0n) is 19.4. The number of thiazole rings is 1. The van der Waals surface area contributed by atoms with Gasteiger partial charge in [-0.05, 0) is 79.6 Å². The van der Waals surface area contributed by atoms with E-state index in [4.69, 9.17) is 9.47 Å². The van der Waals surface area contributed by atoms with Crippen LogP contribution in [0.2, 0.25) is 0 Å². The SMILES string of the molecule is CCOC(=O)C1=C(C)N=c2s/c(=C/c3ccc(OCC)c(I)c3)c(=O)n2[C@H]1c1ccc(C)cc1. The fraction of sp³-hybridized carbons (Fsp3) is 0.269. The van der Waals surface area contributed by atoms with Crippen molar-refractivity contribution in [3.63, 3.8) is 0 Å². The van der Waals surface area contributed by atoms with E-state index in [1.54, 1.807) is 18.4 Å². The van der Waals surface area contributed by atoms with Crippen molar-refractivity contribution in [1.29, 1.82) is 0 Å². The molecule has 0 bridgehead atoms. The highest BCUT2D eigenvalue weighted by Gasteiger charge is 2.33. The highest BCUT2D eigenvalue weighted by molar-refractivity contribution is 14.1. The predicted octanol–water partition coefficient (Wildman–Crippen LogP) is 4.11. The fourth-order valence-electron chi connectivity index (χ4n) is 3.89. The van der Waals surface area contributed by atoms with Crippen LogP contribution in [0, 0.1) is 10.5 Å². The van der Waals surface area contributed by atoms with Crippen LogP contribution in [0.5, 0.6) is 5.75 Å². The van der Waals surface area contributed by atoms with E-state index in [9.17, 15) is 9.59 Å². The molecule has 176 valence electrons. The van der Waals surface area contributed by atoms with Gasteiger partial charge >= 0.3 is 5.97 Å². The third-order valence-electron chi connectivity index (χ3n) is 5.46. The van der Waals surface area contributed by atoms with Crippen LogP contribution in [0.3, 0.4) is 0 Å². The fourth-order valence-corrected chi connectivity index (χ4v) is 5.63. The summed E-state index contributed by atoms with van der Waals surface area (Å²) in [6.07, 6.45) is 1.86. The van der Waals surface area contributed by atoms with Gasteiger partial charge in [0.25, 0.3) is 5.56 Å². The van der Waals surface area contributed by atoms with E-state index < -0.39 is 12.0 Å². The van der Waals surface area contributed by atoms with E-state index in [1.807, 2.05) is 62.4 Å². The summed E-state index contributed by atoms with van der Waals surface area (Å²) >= 11 is 3.55. The Labute approximate surface area is 215 Å². The highest BCUT2D eigenvalue weighted by atomic mass is 127. The molecule has 0 amide bonds. The molecule has 0 aliphatic carbocycles. The summed E-state index contributed by atoms with van der Waals surface area (Å²) in [7, 11) is 0. The lowest BCUT2D eigenvalue weighted by Gasteiger charge is -2.24. The molecule has 2 aromatic carbocycles. The van der Waals surface area contributed by atoms with Crippen LogP contribution < -0.4 is 19.6 Å². The lowest BCUT2D eigenvalue weighted by Crippen LogP contribution is -2.39. The van der Waals surface area contributed by atoms with E-state index in [-0.39, 0.29) is 12.2 Å². The number of hydrogen-bond acceptors (Lipinski definition) is 6. The quantitative estimate of drug-likeness (QED) is 0.321. The first-order valence-corrected chi connectivity index (χ1v) is 12.9. The molecule has 1 aromatic heterocycles. The van der Waals surface area contributed by atoms with Crippen LogP contribution in [-0.4, -0.2) is 23.8 Å². The molecule has 2 heterocycles. The lowest BCUT2D eigenvalue weighted by molar-refractivity contribution is -0.139. The van der Waals surface area contributed by atoms with Gasteiger partial charge in [0, 0.05) is 0 Å². The van der Waals surface area contributed by atoms with Crippen molar-refractivity contribution in [2.75, 3.05) is 13.2 Å². The third-order valence-corrected chi connectivity index (χ3v) is 7.29. The molecule has 1 aliphatic rings. The van der Waals surface area contributed by atoms with E-state index in [0.717, 1.165) is 26.0 Å². The zero-order valence-corrected chi connectivity index (χ0v) is 22.4. The van der Waals surface area contributed by atoms with Crippen molar-refractivity contribution in [3.8, 4) is 5.75 Å². The number of aryl methyl sites for hydroxylation is 1. The molecule has 0 spiro atoms. The molecule has 4 rings (SSSR count). The number of nitrogens with zero attached hydrogens (tertiary/aromatic N) is 2. The van der Waals surface area contributed by atoms with Crippen LogP contribution >= 0.6 is 33.9 Å². The Morgan fingerprint density at radius 1 is 1.15 bits per heavy atom. The second-order valence-electron chi connectivity index (χ2n) is 7.84. The number of aromatic nitrogens is 1. The number of allylic oxidation sites excluding steroid dienone is 1. The molecule has 0 unspecified atom stereocenters. The highest BCUT2D eigenvalue weighted by Crippen LogP contribution is 2.31. The molecular formula is C26H25IN2O4S. The topological polar surface area (TPSA) is 69.9 Å². The summed E-state index contributed by atoms with van der Waals surface area (Å²) in [4.78, 5) is 31.7. The minimum atomic E-state index is -0.599. The molecule has 1 atom stereocenters. The molecule has 0 saturated carbocycles. The maximum absolute atomic E-state index is 13.6. The maximum Gasteiger partial charge on any atom is 0.338 e. The van der Waals surface area contributed by atoms with Crippen LogP contribution in [0.25, 0.3) is 6.08 Å². The lowest BCUT2D eigenvalue weighted by atomic mass is 9.95. The van der Waals surface area contributed by atoms with Crippen molar-refractivity contribution < 1.29 is 14.3 Å². The monoisotopic (exact) mass is 588 g/mol. The van der Waals surface area contributed by atoms with Crippen LogP contribution in [0.15, 0.2) is 63.5 Å². The Balaban J connectivity index is 1.89. The van der Waals surface area contributed by atoms with Gasteiger partial charge < -0.3 is 9.47 Å². The Hall–Kier alpha value is -2.72. The molecule has 0 N–H and O–H groups in total. The van der Waals surface area contributed by atoms with Gasteiger partial charge in [0.1, 0.15) is 5.75 Å². The number of esters is 1. The summed E-state index contributed by atoms with van der Waals surface area (Å²) in [6.45, 7) is 8.34. The number of benzene rings is 2. The Morgan fingerprint density at radius 3 is 2.53 bits per heavy atom. The van der Waals surface area contributed by atoms with Crippen molar-refractivity contribution in [2.45, 2.75) is 33.7 Å². The number of hydrogen-bond donors (Lipinski definition) is 0. The molecule has 6 nitrogen and oxygen atoms in total. The van der Waals surface area contributed by atoms with Crippen molar-refractivity contribution in [3.05, 3.63) is 93.7 Å². The normalized spacial score (nSPS) is 15.7. The smallest absolute Gasteiger partial charge is 0.338 e. The molecule has 0 saturated heterocycles. The van der Waals surface area contributed by atoms with Gasteiger partial charge in [-0.2, -0.15) is 0 Å². The van der Waals surface area contributed by atoms with Crippen LogP contribution in [-0.2, 0) is 9.53 Å². The molecule has 34 heavy (non-hydrogen) atoms. The summed E-state index contributed by atoms with van der Waals surface area (Å²) in [5, 5.41) is 0. The first kappa shape index (κ1) is 24.4. The van der Waals surface area contributed by atoms with Gasteiger partial charge in [-0.1, -0.05) is 47.2 Å². The van der Waals surface area contributed by atoms with Gasteiger partial charge in [0.2, 0.25) is 0 Å². The predicted molar refractivity (Wildman–Crippen MR) is 142 cm³/mol. The molecule has 0 fully saturated rings. The first-order valence-electron chi connectivity index (χ1n) is 11.0. The van der Waals surface area contributed by atoms with Crippen LogP contribution in [0.4, 0.5) is 0 Å². The summed E-state index contributed by atoms with van der Waals surface area (Å²) in [5.41, 5.74) is 3.59. The number of ether oxygens (including phenoxy) is 2.